The number of hydrogen-bond donors (Lipinski definition) is 3. The molecule has 0 aromatic rings. The number of aliphatic hydroxyl groups is 3. The maximum Gasteiger partial charge on any atom is 0.0653 e. The summed E-state index contributed by atoms with van der Waals surface area (Å²) in [6.45, 7) is 11.6. The van der Waals surface area contributed by atoms with E-state index in [4.69, 9.17) is 0 Å². The van der Waals surface area contributed by atoms with Crippen LogP contribution in [0.4, 0.5) is 0 Å². The van der Waals surface area contributed by atoms with Gasteiger partial charge < -0.3 is 15.3 Å². The largest absolute Gasteiger partial charge is 0.393 e. The summed E-state index contributed by atoms with van der Waals surface area (Å²) in [6.07, 6.45) is 11.3. The molecular formula is C27H48O3. The van der Waals surface area contributed by atoms with E-state index in [1.165, 1.54) is 25.7 Å². The molecule has 4 aliphatic rings. The molecule has 174 valence electrons. The first kappa shape index (κ1) is 23.1. The normalized spacial score (nSPS) is 50.5. The quantitative estimate of drug-likeness (QED) is 0.546. The number of rotatable bonds is 5. The lowest BCUT2D eigenvalue weighted by Gasteiger charge is -2.62. The van der Waals surface area contributed by atoms with Gasteiger partial charge in [0.25, 0.3) is 0 Å². The fraction of sp³-hybridized carbons (Fsp3) is 1.00. The van der Waals surface area contributed by atoms with Gasteiger partial charge in [-0.2, -0.15) is 0 Å². The van der Waals surface area contributed by atoms with Gasteiger partial charge in [0.15, 0.2) is 0 Å². The summed E-state index contributed by atoms with van der Waals surface area (Å²) in [5.74, 6) is 3.27. The minimum atomic E-state index is -0.570. The summed E-state index contributed by atoms with van der Waals surface area (Å²) in [7, 11) is 0. The zero-order chi connectivity index (χ0) is 21.9. The summed E-state index contributed by atoms with van der Waals surface area (Å²) in [6, 6.07) is 0. The highest BCUT2D eigenvalue weighted by atomic mass is 16.3. The Bertz CT molecular complexity index is 615. The molecule has 0 aliphatic heterocycles. The Kier molecular flexibility index (Phi) is 6.17. The number of hydrogen-bond acceptors (Lipinski definition) is 3. The molecule has 0 bridgehead atoms. The third kappa shape index (κ3) is 3.69. The van der Waals surface area contributed by atoms with Crippen molar-refractivity contribution in [3.8, 4) is 0 Å². The molecule has 3 heteroatoms. The predicted molar refractivity (Wildman–Crippen MR) is 122 cm³/mol. The maximum absolute atomic E-state index is 11.6. The van der Waals surface area contributed by atoms with Gasteiger partial charge in [-0.05, 0) is 111 Å². The summed E-state index contributed by atoms with van der Waals surface area (Å²) in [5, 5.41) is 33.0. The molecule has 30 heavy (non-hydrogen) atoms. The van der Waals surface area contributed by atoms with Gasteiger partial charge in [-0.15, -0.1) is 0 Å². The van der Waals surface area contributed by atoms with E-state index < -0.39 is 5.60 Å². The first-order valence-electron chi connectivity index (χ1n) is 13.1. The van der Waals surface area contributed by atoms with E-state index in [0.717, 1.165) is 44.9 Å². The van der Waals surface area contributed by atoms with Crippen molar-refractivity contribution >= 4 is 0 Å². The Morgan fingerprint density at radius 2 is 1.57 bits per heavy atom. The third-order valence-electron chi connectivity index (χ3n) is 10.9. The highest BCUT2D eigenvalue weighted by Crippen LogP contribution is 2.68. The molecule has 3 nitrogen and oxygen atoms in total. The minimum absolute atomic E-state index is 0.181. The first-order chi connectivity index (χ1) is 14.0. The standard InChI is InChI=1S/C27H48O3/c1-17(2)7-6-12-27(5,30)24-9-8-20-19-16-23(29)22-15-18(28)10-13-25(22,3)21(19)11-14-26(20,24)4/h17-24,28-30H,6-16H2,1-5H3/t18-,19?,20?,21?,22+,23+,24?,25+,26-,27-/m0/s1. The van der Waals surface area contributed by atoms with E-state index in [-0.39, 0.29) is 29.0 Å². The Balaban J connectivity index is 1.53. The van der Waals surface area contributed by atoms with E-state index in [1.54, 1.807) is 0 Å². The minimum Gasteiger partial charge on any atom is -0.393 e. The first-order valence-corrected chi connectivity index (χ1v) is 13.1. The van der Waals surface area contributed by atoms with Crippen LogP contribution in [0.2, 0.25) is 0 Å². The molecule has 4 rings (SSSR count). The van der Waals surface area contributed by atoms with Gasteiger partial charge in [0.05, 0.1) is 17.8 Å². The van der Waals surface area contributed by atoms with Crippen LogP contribution in [0.3, 0.4) is 0 Å². The van der Waals surface area contributed by atoms with Crippen molar-refractivity contribution in [3.63, 3.8) is 0 Å². The molecule has 0 heterocycles. The molecule has 0 aromatic carbocycles. The summed E-state index contributed by atoms with van der Waals surface area (Å²) in [4.78, 5) is 0. The molecule has 0 amide bonds. The predicted octanol–water partition coefficient (Wildman–Crippen LogP) is 5.55. The van der Waals surface area contributed by atoms with Gasteiger partial charge in [-0.3, -0.25) is 0 Å². The van der Waals surface area contributed by atoms with Crippen LogP contribution < -0.4 is 0 Å². The second-order valence-electron chi connectivity index (χ2n) is 13.0. The van der Waals surface area contributed by atoms with Crippen LogP contribution in [0.1, 0.15) is 105 Å². The molecule has 3 N–H and O–H groups in total. The summed E-state index contributed by atoms with van der Waals surface area (Å²) < 4.78 is 0. The topological polar surface area (TPSA) is 60.7 Å². The highest BCUT2D eigenvalue weighted by Gasteiger charge is 2.63. The monoisotopic (exact) mass is 420 g/mol. The van der Waals surface area contributed by atoms with E-state index >= 15 is 0 Å². The van der Waals surface area contributed by atoms with Crippen molar-refractivity contribution in [2.24, 2.45) is 46.3 Å². The average molecular weight is 421 g/mol. The number of aliphatic hydroxyl groups excluding tert-OH is 2. The van der Waals surface area contributed by atoms with Gasteiger partial charge >= 0.3 is 0 Å². The van der Waals surface area contributed by atoms with Gasteiger partial charge in [-0.1, -0.05) is 40.5 Å². The lowest BCUT2D eigenvalue weighted by molar-refractivity contribution is -0.179. The summed E-state index contributed by atoms with van der Waals surface area (Å²) >= 11 is 0. The van der Waals surface area contributed by atoms with E-state index in [2.05, 4.69) is 34.6 Å². The van der Waals surface area contributed by atoms with E-state index in [1.807, 2.05) is 0 Å². The summed E-state index contributed by atoms with van der Waals surface area (Å²) in [5.41, 5.74) is -0.180. The fourth-order valence-electron chi connectivity index (χ4n) is 9.34. The van der Waals surface area contributed by atoms with Gasteiger partial charge in [0.1, 0.15) is 0 Å². The molecule has 4 fully saturated rings. The van der Waals surface area contributed by atoms with Gasteiger partial charge in [0.2, 0.25) is 0 Å². The molecule has 0 saturated heterocycles. The van der Waals surface area contributed by atoms with Crippen LogP contribution in [0, 0.1) is 46.3 Å². The van der Waals surface area contributed by atoms with Crippen molar-refractivity contribution < 1.29 is 15.3 Å². The second-order valence-corrected chi connectivity index (χ2v) is 13.0. The van der Waals surface area contributed by atoms with Crippen molar-refractivity contribution in [1.29, 1.82) is 0 Å². The van der Waals surface area contributed by atoms with Crippen LogP contribution in [-0.2, 0) is 0 Å². The van der Waals surface area contributed by atoms with Crippen LogP contribution >= 0.6 is 0 Å². The Labute approximate surface area is 185 Å². The highest BCUT2D eigenvalue weighted by molar-refractivity contribution is 5.13. The number of fused-ring (bicyclic) bond motifs is 5. The van der Waals surface area contributed by atoms with E-state index in [0.29, 0.717) is 29.6 Å². The molecular weight excluding hydrogens is 372 g/mol. The maximum atomic E-state index is 11.6. The van der Waals surface area contributed by atoms with Crippen LogP contribution in [0.5, 0.6) is 0 Å². The second kappa shape index (κ2) is 8.03. The molecule has 0 radical (unpaired) electrons. The van der Waals surface area contributed by atoms with Crippen molar-refractivity contribution in [2.45, 2.75) is 123 Å². The Hall–Kier alpha value is -0.120. The average Bonchev–Trinajstić information content (AvgIpc) is 3.01. The smallest absolute Gasteiger partial charge is 0.0653 e. The lowest BCUT2D eigenvalue weighted by Crippen LogP contribution is -2.59. The third-order valence-corrected chi connectivity index (χ3v) is 10.9. The van der Waals surface area contributed by atoms with Crippen molar-refractivity contribution in [2.75, 3.05) is 0 Å². The molecule has 4 unspecified atom stereocenters. The molecule has 4 saturated carbocycles. The molecule has 4 aliphatic carbocycles. The Morgan fingerprint density at radius 3 is 2.27 bits per heavy atom. The molecule has 0 aromatic heterocycles. The fourth-order valence-corrected chi connectivity index (χ4v) is 9.34. The van der Waals surface area contributed by atoms with Gasteiger partial charge in [0, 0.05) is 0 Å². The Morgan fingerprint density at radius 1 is 0.900 bits per heavy atom. The lowest BCUT2D eigenvalue weighted by atomic mass is 9.43. The molecule has 0 spiro atoms. The van der Waals surface area contributed by atoms with Gasteiger partial charge in [-0.25, -0.2) is 0 Å². The van der Waals surface area contributed by atoms with Crippen LogP contribution in [0.15, 0.2) is 0 Å². The van der Waals surface area contributed by atoms with Crippen LogP contribution in [0.25, 0.3) is 0 Å². The van der Waals surface area contributed by atoms with Crippen LogP contribution in [-0.4, -0.2) is 33.1 Å². The van der Waals surface area contributed by atoms with E-state index in [9.17, 15) is 15.3 Å². The van der Waals surface area contributed by atoms with Crippen molar-refractivity contribution in [1.82, 2.24) is 0 Å². The zero-order valence-electron chi connectivity index (χ0n) is 20.2. The zero-order valence-corrected chi connectivity index (χ0v) is 20.2. The molecule has 10 atom stereocenters. The van der Waals surface area contributed by atoms with Crippen molar-refractivity contribution in [3.05, 3.63) is 0 Å². The SMILES string of the molecule is CC(C)CCC[C@](C)(O)C1CCC2C3C[C@@H](O)[C@H]4C[C@@H](O)CC[C@]4(C)C3CC[C@@]21C.